The number of amides is 3. The summed E-state index contributed by atoms with van der Waals surface area (Å²) in [7, 11) is 1.71. The number of nitrogens with zero attached hydrogens (tertiary/aromatic N) is 2. The summed E-state index contributed by atoms with van der Waals surface area (Å²) < 4.78 is 0. The molecule has 0 aromatic heterocycles. The van der Waals surface area contributed by atoms with Gasteiger partial charge in [0.15, 0.2) is 0 Å². The van der Waals surface area contributed by atoms with E-state index in [-0.39, 0.29) is 30.3 Å². The number of nitrogens with two attached hydrogens (primary N) is 1. The van der Waals surface area contributed by atoms with Crippen LogP contribution in [-0.2, 0) is 6.54 Å². The molecule has 1 heterocycles. The van der Waals surface area contributed by atoms with Gasteiger partial charge >= 0.3 is 0 Å². The van der Waals surface area contributed by atoms with Crippen LogP contribution in [0.5, 0.6) is 0 Å². The molecular weight excluding hydrogens is 330 g/mol. The predicted octanol–water partition coefficient (Wildman–Crippen LogP) is 1.90. The van der Waals surface area contributed by atoms with E-state index in [9.17, 15) is 14.4 Å². The topological polar surface area (TPSA) is 83.7 Å². The Morgan fingerprint density at radius 3 is 2.27 bits per heavy atom. The molecule has 1 unspecified atom stereocenters. The summed E-state index contributed by atoms with van der Waals surface area (Å²) in [6, 6.07) is 13.7. The van der Waals surface area contributed by atoms with Crippen LogP contribution in [0.2, 0.25) is 0 Å². The molecule has 6 heteroatoms. The molecule has 2 N–H and O–H groups in total. The van der Waals surface area contributed by atoms with Crippen LogP contribution in [0.25, 0.3) is 0 Å². The zero-order valence-corrected chi connectivity index (χ0v) is 14.8. The minimum atomic E-state index is -0.309. The van der Waals surface area contributed by atoms with Gasteiger partial charge in [0.05, 0.1) is 17.7 Å². The Bertz CT molecular complexity index is 843. The normalized spacial score (nSPS) is 14.3. The monoisotopic (exact) mass is 351 g/mol. The second-order valence-corrected chi connectivity index (χ2v) is 6.44. The molecule has 3 rings (SSSR count). The molecule has 2 aromatic carbocycles. The maximum Gasteiger partial charge on any atom is 0.261 e. The maximum absolute atomic E-state index is 12.6. The van der Waals surface area contributed by atoms with E-state index in [0.29, 0.717) is 23.2 Å². The molecule has 2 aromatic rings. The molecule has 0 saturated carbocycles. The van der Waals surface area contributed by atoms with Crippen molar-refractivity contribution in [2.45, 2.75) is 19.5 Å². The molecule has 0 fully saturated rings. The average molecular weight is 351 g/mol. The molecule has 134 valence electrons. The summed E-state index contributed by atoms with van der Waals surface area (Å²) in [5, 5.41) is 0. The molecule has 1 aliphatic heterocycles. The first-order valence-corrected chi connectivity index (χ1v) is 8.45. The number of carbonyl (C=O) groups is 3. The van der Waals surface area contributed by atoms with Gasteiger partial charge in [0.1, 0.15) is 0 Å². The Labute approximate surface area is 152 Å². The number of imide groups is 1. The molecule has 26 heavy (non-hydrogen) atoms. The number of fused-ring (bicyclic) bond motifs is 1. The van der Waals surface area contributed by atoms with Gasteiger partial charge in [-0.2, -0.15) is 0 Å². The van der Waals surface area contributed by atoms with Crippen molar-refractivity contribution in [3.63, 3.8) is 0 Å². The lowest BCUT2D eigenvalue weighted by atomic mass is 10.1. The lowest BCUT2D eigenvalue weighted by molar-refractivity contribution is 0.0642. The van der Waals surface area contributed by atoms with Crippen LogP contribution in [0.4, 0.5) is 0 Å². The lowest BCUT2D eigenvalue weighted by Gasteiger charge is -2.24. The Morgan fingerprint density at radius 2 is 1.69 bits per heavy atom. The van der Waals surface area contributed by atoms with E-state index < -0.39 is 0 Å². The summed E-state index contributed by atoms with van der Waals surface area (Å²) in [6.45, 7) is 2.38. The van der Waals surface area contributed by atoms with Crippen molar-refractivity contribution in [1.29, 1.82) is 0 Å². The van der Waals surface area contributed by atoms with Gasteiger partial charge in [-0.1, -0.05) is 24.3 Å². The van der Waals surface area contributed by atoms with Gasteiger partial charge in [0, 0.05) is 25.2 Å². The number of carbonyl (C=O) groups excluding carboxylic acids is 3. The van der Waals surface area contributed by atoms with Gasteiger partial charge in [-0.3, -0.25) is 19.3 Å². The molecule has 1 atom stereocenters. The third kappa shape index (κ3) is 3.11. The van der Waals surface area contributed by atoms with E-state index >= 15 is 0 Å². The van der Waals surface area contributed by atoms with Gasteiger partial charge in [-0.25, -0.2) is 0 Å². The van der Waals surface area contributed by atoms with E-state index in [1.54, 1.807) is 60.5 Å². The van der Waals surface area contributed by atoms with Gasteiger partial charge in [-0.05, 0) is 36.8 Å². The third-order valence-corrected chi connectivity index (χ3v) is 4.72. The summed E-state index contributed by atoms with van der Waals surface area (Å²) >= 11 is 0. The molecule has 0 saturated heterocycles. The van der Waals surface area contributed by atoms with E-state index in [1.165, 1.54) is 4.90 Å². The van der Waals surface area contributed by atoms with Crippen LogP contribution in [-0.4, -0.2) is 47.2 Å². The highest BCUT2D eigenvalue weighted by atomic mass is 16.2. The summed E-state index contributed by atoms with van der Waals surface area (Å²) in [5.41, 5.74) is 7.68. The van der Waals surface area contributed by atoms with E-state index in [1.807, 2.05) is 6.92 Å². The van der Waals surface area contributed by atoms with Crippen molar-refractivity contribution in [1.82, 2.24) is 9.80 Å². The number of likely N-dealkylation sites (N-methyl/N-ethyl adjacent to an activating group) is 1. The average Bonchev–Trinajstić information content (AvgIpc) is 2.91. The fourth-order valence-electron chi connectivity index (χ4n) is 2.93. The zero-order chi connectivity index (χ0) is 18.8. The minimum Gasteiger partial charge on any atom is -0.338 e. The van der Waals surface area contributed by atoms with E-state index in [0.717, 1.165) is 5.56 Å². The quantitative estimate of drug-likeness (QED) is 0.834. The van der Waals surface area contributed by atoms with Gasteiger partial charge in [-0.15, -0.1) is 0 Å². The highest BCUT2D eigenvalue weighted by Crippen LogP contribution is 2.24. The van der Waals surface area contributed by atoms with Crippen molar-refractivity contribution in [2.24, 2.45) is 5.73 Å². The molecule has 3 amide bonds. The van der Waals surface area contributed by atoms with E-state index in [4.69, 9.17) is 5.73 Å². The van der Waals surface area contributed by atoms with Crippen LogP contribution < -0.4 is 5.73 Å². The van der Waals surface area contributed by atoms with Crippen molar-refractivity contribution in [3.8, 4) is 0 Å². The fraction of sp³-hybridized carbons (Fsp3) is 0.250. The number of rotatable bonds is 5. The minimum absolute atomic E-state index is 0.0811. The Morgan fingerprint density at radius 1 is 1.08 bits per heavy atom. The van der Waals surface area contributed by atoms with Crippen LogP contribution in [0.15, 0.2) is 48.5 Å². The van der Waals surface area contributed by atoms with Crippen LogP contribution in [0, 0.1) is 0 Å². The predicted molar refractivity (Wildman–Crippen MR) is 97.7 cm³/mol. The number of benzene rings is 2. The number of hydrogen-bond acceptors (Lipinski definition) is 4. The molecule has 6 nitrogen and oxygen atoms in total. The molecular formula is C20H21N3O3. The second kappa shape index (κ2) is 7.09. The van der Waals surface area contributed by atoms with Crippen LogP contribution in [0.1, 0.15) is 43.6 Å². The molecule has 1 aliphatic rings. The van der Waals surface area contributed by atoms with Crippen molar-refractivity contribution in [3.05, 3.63) is 70.8 Å². The Hall–Kier alpha value is -2.99. The highest BCUT2D eigenvalue weighted by Gasteiger charge is 2.35. The van der Waals surface area contributed by atoms with Gasteiger partial charge in [0.2, 0.25) is 0 Å². The first-order chi connectivity index (χ1) is 12.4. The van der Waals surface area contributed by atoms with Crippen molar-refractivity contribution >= 4 is 17.7 Å². The smallest absolute Gasteiger partial charge is 0.261 e. The molecule has 0 bridgehead atoms. The largest absolute Gasteiger partial charge is 0.338 e. The Balaban J connectivity index is 1.81. The van der Waals surface area contributed by atoms with Crippen LogP contribution >= 0.6 is 0 Å². The molecule has 0 spiro atoms. The second-order valence-electron chi connectivity index (χ2n) is 6.44. The molecule has 0 aliphatic carbocycles. The first-order valence-electron chi connectivity index (χ1n) is 8.45. The maximum atomic E-state index is 12.6. The van der Waals surface area contributed by atoms with Crippen LogP contribution in [0.3, 0.4) is 0 Å². The Kier molecular flexibility index (Phi) is 4.86. The van der Waals surface area contributed by atoms with E-state index in [2.05, 4.69) is 0 Å². The SMILES string of the molecule is CC(CN)N(C)C(=O)c1cccc(CN2C(=O)c3ccccc3C2=O)c1. The molecule has 0 radical (unpaired) electrons. The lowest BCUT2D eigenvalue weighted by Crippen LogP contribution is -2.39. The number of hydrogen-bond donors (Lipinski definition) is 1. The summed E-state index contributed by atoms with van der Waals surface area (Å²) in [4.78, 5) is 40.3. The summed E-state index contributed by atoms with van der Waals surface area (Å²) in [5.74, 6) is -0.764. The van der Waals surface area contributed by atoms with Gasteiger partial charge in [0.25, 0.3) is 17.7 Å². The standard InChI is InChI=1S/C20H21N3O3/c1-13(11-21)22(2)18(24)15-7-5-6-14(10-15)12-23-19(25)16-8-3-4-9-17(16)20(23)26/h3-10,13H,11-12,21H2,1-2H3. The zero-order valence-electron chi connectivity index (χ0n) is 14.8. The fourth-order valence-corrected chi connectivity index (χ4v) is 2.93. The van der Waals surface area contributed by atoms with Crippen molar-refractivity contribution < 1.29 is 14.4 Å². The highest BCUT2D eigenvalue weighted by molar-refractivity contribution is 6.21. The third-order valence-electron chi connectivity index (χ3n) is 4.72. The first kappa shape index (κ1) is 17.8. The van der Waals surface area contributed by atoms with Crippen molar-refractivity contribution in [2.75, 3.05) is 13.6 Å². The summed E-state index contributed by atoms with van der Waals surface area (Å²) in [6.07, 6.45) is 0. The van der Waals surface area contributed by atoms with Gasteiger partial charge < -0.3 is 10.6 Å².